The Hall–Kier alpha value is -1.52. The molecule has 1 aliphatic heterocycles. The normalized spacial score (nSPS) is 16.8. The van der Waals surface area contributed by atoms with Crippen molar-refractivity contribution in [1.29, 1.82) is 0 Å². The number of amides is 1. The molecule has 1 unspecified atom stereocenters. The molecule has 0 saturated heterocycles. The number of hydrogen-bond acceptors (Lipinski definition) is 2. The zero-order chi connectivity index (χ0) is 14.8. The molecule has 3 nitrogen and oxygen atoms in total. The van der Waals surface area contributed by atoms with Gasteiger partial charge in [0.15, 0.2) is 0 Å². The second-order valence-corrected chi connectivity index (χ2v) is 6.20. The molecule has 2 aromatic rings. The average Bonchev–Trinajstić information content (AvgIpc) is 2.48. The second-order valence-electron chi connectivity index (χ2n) is 4.85. The number of benzene rings is 2. The van der Waals surface area contributed by atoms with Crippen LogP contribution in [0, 0.1) is 0 Å². The lowest BCUT2D eigenvalue weighted by molar-refractivity contribution is 0.0925. The van der Waals surface area contributed by atoms with E-state index in [-0.39, 0.29) is 11.9 Å². The van der Waals surface area contributed by atoms with Crippen molar-refractivity contribution in [3.05, 3.63) is 63.1 Å². The molecule has 0 spiro atoms. The Morgan fingerprint density at radius 2 is 2.00 bits per heavy atom. The van der Waals surface area contributed by atoms with E-state index in [2.05, 4.69) is 21.2 Å². The van der Waals surface area contributed by atoms with Crippen LogP contribution < -0.4 is 10.1 Å². The summed E-state index contributed by atoms with van der Waals surface area (Å²) in [6.45, 7) is 0.597. The fraction of sp³-hybridized carbons (Fsp3) is 0.188. The van der Waals surface area contributed by atoms with Gasteiger partial charge in [-0.15, -0.1) is 0 Å². The molecule has 1 heterocycles. The van der Waals surface area contributed by atoms with E-state index in [0.717, 1.165) is 22.2 Å². The van der Waals surface area contributed by atoms with Gasteiger partial charge in [0.1, 0.15) is 5.75 Å². The molecule has 0 fully saturated rings. The third-order valence-electron chi connectivity index (χ3n) is 3.42. The first-order valence-corrected chi connectivity index (χ1v) is 7.79. The van der Waals surface area contributed by atoms with Gasteiger partial charge in [0.25, 0.3) is 5.91 Å². The van der Waals surface area contributed by atoms with E-state index in [1.165, 1.54) is 0 Å². The molecular formula is C16H13BrClNO2. The van der Waals surface area contributed by atoms with Gasteiger partial charge in [-0.05, 0) is 42.5 Å². The summed E-state index contributed by atoms with van der Waals surface area (Å²) in [6, 6.07) is 12.7. The van der Waals surface area contributed by atoms with Crippen molar-refractivity contribution in [2.24, 2.45) is 0 Å². The van der Waals surface area contributed by atoms with Gasteiger partial charge in [-0.1, -0.05) is 27.5 Å². The minimum absolute atomic E-state index is 0.0468. The molecule has 2 aromatic carbocycles. The predicted molar refractivity (Wildman–Crippen MR) is 85.9 cm³/mol. The van der Waals surface area contributed by atoms with Crippen LogP contribution in [0.1, 0.15) is 28.4 Å². The highest BCUT2D eigenvalue weighted by atomic mass is 79.9. The van der Waals surface area contributed by atoms with Gasteiger partial charge in [-0.3, -0.25) is 4.79 Å². The van der Waals surface area contributed by atoms with Gasteiger partial charge in [0, 0.05) is 27.0 Å². The zero-order valence-corrected chi connectivity index (χ0v) is 13.4. The molecule has 1 N–H and O–H groups in total. The Balaban J connectivity index is 1.81. The number of ether oxygens (including phenoxy) is 1. The van der Waals surface area contributed by atoms with Crippen LogP contribution in [-0.4, -0.2) is 12.5 Å². The van der Waals surface area contributed by atoms with Gasteiger partial charge in [0.2, 0.25) is 0 Å². The molecular weight excluding hydrogens is 354 g/mol. The lowest BCUT2D eigenvalue weighted by Gasteiger charge is -2.27. The van der Waals surface area contributed by atoms with Crippen molar-refractivity contribution in [3.63, 3.8) is 0 Å². The van der Waals surface area contributed by atoms with Gasteiger partial charge >= 0.3 is 0 Å². The van der Waals surface area contributed by atoms with Gasteiger partial charge < -0.3 is 10.1 Å². The fourth-order valence-corrected chi connectivity index (χ4v) is 2.86. The van der Waals surface area contributed by atoms with Crippen molar-refractivity contribution < 1.29 is 9.53 Å². The Morgan fingerprint density at radius 1 is 1.24 bits per heavy atom. The SMILES string of the molecule is O=C(NC1CCOc2ccc(Br)cc21)c1ccc(Cl)cc1. The highest BCUT2D eigenvalue weighted by Gasteiger charge is 2.23. The molecule has 3 rings (SSSR count). The van der Waals surface area contributed by atoms with Crippen LogP contribution in [0.4, 0.5) is 0 Å². The number of carbonyl (C=O) groups excluding carboxylic acids is 1. The maximum atomic E-state index is 12.3. The molecule has 0 aliphatic carbocycles. The maximum Gasteiger partial charge on any atom is 0.251 e. The minimum atomic E-state index is -0.107. The molecule has 5 heteroatoms. The predicted octanol–water partition coefficient (Wildman–Crippen LogP) is 4.36. The molecule has 0 aromatic heterocycles. The summed E-state index contributed by atoms with van der Waals surface area (Å²) in [7, 11) is 0. The zero-order valence-electron chi connectivity index (χ0n) is 11.1. The Kier molecular flexibility index (Phi) is 4.17. The summed E-state index contributed by atoms with van der Waals surface area (Å²) in [6.07, 6.45) is 0.753. The standard InChI is InChI=1S/C16H13BrClNO2/c17-11-3-6-15-13(9-11)14(7-8-21-15)19-16(20)10-1-4-12(18)5-2-10/h1-6,9,14H,7-8H2,(H,19,20). The van der Waals surface area contributed by atoms with Gasteiger partial charge in [-0.2, -0.15) is 0 Å². The van der Waals surface area contributed by atoms with Crippen molar-refractivity contribution in [2.45, 2.75) is 12.5 Å². The maximum absolute atomic E-state index is 12.3. The third-order valence-corrected chi connectivity index (χ3v) is 4.17. The van der Waals surface area contributed by atoms with Crippen LogP contribution in [0.5, 0.6) is 5.75 Å². The van der Waals surface area contributed by atoms with Crippen LogP contribution in [0.15, 0.2) is 46.9 Å². The Morgan fingerprint density at radius 3 is 2.76 bits per heavy atom. The van der Waals surface area contributed by atoms with Crippen molar-refractivity contribution in [3.8, 4) is 5.75 Å². The van der Waals surface area contributed by atoms with E-state index in [4.69, 9.17) is 16.3 Å². The van der Waals surface area contributed by atoms with E-state index in [9.17, 15) is 4.79 Å². The number of fused-ring (bicyclic) bond motifs is 1. The van der Waals surface area contributed by atoms with Crippen LogP contribution in [0.25, 0.3) is 0 Å². The summed E-state index contributed by atoms with van der Waals surface area (Å²) < 4.78 is 6.59. The number of halogens is 2. The molecule has 1 amide bonds. The Labute approximate surface area is 136 Å². The van der Waals surface area contributed by atoms with E-state index in [0.29, 0.717) is 17.2 Å². The van der Waals surface area contributed by atoms with E-state index in [1.807, 2.05) is 18.2 Å². The molecule has 21 heavy (non-hydrogen) atoms. The summed E-state index contributed by atoms with van der Waals surface area (Å²) in [5.41, 5.74) is 1.60. The van der Waals surface area contributed by atoms with E-state index in [1.54, 1.807) is 24.3 Å². The van der Waals surface area contributed by atoms with Crippen molar-refractivity contribution >= 4 is 33.4 Å². The fourth-order valence-electron chi connectivity index (χ4n) is 2.36. The summed E-state index contributed by atoms with van der Waals surface area (Å²) in [5, 5.41) is 3.67. The van der Waals surface area contributed by atoms with Crippen molar-refractivity contribution in [2.75, 3.05) is 6.61 Å². The molecule has 1 aliphatic rings. The first-order chi connectivity index (χ1) is 10.1. The molecule has 0 saturated carbocycles. The molecule has 108 valence electrons. The lowest BCUT2D eigenvalue weighted by Crippen LogP contribution is -2.32. The van der Waals surface area contributed by atoms with E-state index >= 15 is 0 Å². The largest absolute Gasteiger partial charge is 0.493 e. The minimum Gasteiger partial charge on any atom is -0.493 e. The number of carbonyl (C=O) groups is 1. The quantitative estimate of drug-likeness (QED) is 0.858. The van der Waals surface area contributed by atoms with Gasteiger partial charge in [0.05, 0.1) is 12.6 Å². The molecule has 0 radical (unpaired) electrons. The summed E-state index contributed by atoms with van der Waals surface area (Å²) >= 11 is 9.29. The summed E-state index contributed by atoms with van der Waals surface area (Å²) in [5.74, 6) is 0.718. The van der Waals surface area contributed by atoms with Crippen LogP contribution in [-0.2, 0) is 0 Å². The highest BCUT2D eigenvalue weighted by Crippen LogP contribution is 2.34. The van der Waals surface area contributed by atoms with Crippen LogP contribution in [0.3, 0.4) is 0 Å². The number of nitrogens with one attached hydrogen (secondary N) is 1. The van der Waals surface area contributed by atoms with Gasteiger partial charge in [-0.25, -0.2) is 0 Å². The number of rotatable bonds is 2. The van der Waals surface area contributed by atoms with Crippen molar-refractivity contribution in [1.82, 2.24) is 5.32 Å². The summed E-state index contributed by atoms with van der Waals surface area (Å²) in [4.78, 5) is 12.3. The van der Waals surface area contributed by atoms with Crippen LogP contribution in [0.2, 0.25) is 5.02 Å². The first kappa shape index (κ1) is 14.4. The highest BCUT2D eigenvalue weighted by molar-refractivity contribution is 9.10. The smallest absolute Gasteiger partial charge is 0.251 e. The lowest BCUT2D eigenvalue weighted by atomic mass is 10.00. The molecule has 0 bridgehead atoms. The first-order valence-electron chi connectivity index (χ1n) is 6.62. The molecule has 1 atom stereocenters. The third kappa shape index (κ3) is 3.22. The van der Waals surface area contributed by atoms with Crippen LogP contribution >= 0.6 is 27.5 Å². The Bertz CT molecular complexity index is 672. The number of hydrogen-bond donors (Lipinski definition) is 1. The van der Waals surface area contributed by atoms with E-state index < -0.39 is 0 Å². The monoisotopic (exact) mass is 365 g/mol. The second kappa shape index (κ2) is 6.08. The topological polar surface area (TPSA) is 38.3 Å². The average molecular weight is 367 g/mol.